The van der Waals surface area contributed by atoms with Gasteiger partial charge in [0.15, 0.2) is 5.11 Å². The summed E-state index contributed by atoms with van der Waals surface area (Å²) in [6.07, 6.45) is 3.35. The molecule has 1 aromatic rings. The van der Waals surface area contributed by atoms with E-state index in [2.05, 4.69) is 16.2 Å². The van der Waals surface area contributed by atoms with Crippen molar-refractivity contribution in [1.82, 2.24) is 15.8 Å². The summed E-state index contributed by atoms with van der Waals surface area (Å²) in [7, 11) is 0. The Labute approximate surface area is 151 Å². The van der Waals surface area contributed by atoms with Crippen LogP contribution in [0.3, 0.4) is 0 Å². The highest BCUT2D eigenvalue weighted by Gasteiger charge is 2.19. The molecule has 1 fully saturated rings. The molecular weight excluding hydrogens is 348 g/mol. The number of rotatable bonds is 3. The van der Waals surface area contributed by atoms with Crippen molar-refractivity contribution in [3.8, 4) is 0 Å². The maximum Gasteiger partial charge on any atom is 0.257 e. The van der Waals surface area contributed by atoms with Crippen molar-refractivity contribution in [2.45, 2.75) is 32.6 Å². The molecule has 0 aliphatic carbocycles. The van der Waals surface area contributed by atoms with Crippen molar-refractivity contribution < 1.29 is 9.59 Å². The third kappa shape index (κ3) is 5.65. The van der Waals surface area contributed by atoms with Gasteiger partial charge in [-0.25, -0.2) is 0 Å². The Morgan fingerprint density at radius 2 is 2.08 bits per heavy atom. The Kier molecular flexibility index (Phi) is 6.81. The minimum atomic E-state index is -0.309. The number of thiocarbonyl (C=S) groups is 1. The number of amides is 2. The van der Waals surface area contributed by atoms with E-state index in [1.807, 2.05) is 19.1 Å². The molecule has 1 saturated heterocycles. The monoisotopic (exact) mass is 368 g/mol. The van der Waals surface area contributed by atoms with Gasteiger partial charge in [-0.1, -0.05) is 24.1 Å². The number of aryl methyl sites for hydroxylation is 1. The lowest BCUT2D eigenvalue weighted by Gasteiger charge is -2.20. The Morgan fingerprint density at radius 3 is 2.83 bits per heavy atom. The molecule has 8 heteroatoms. The highest BCUT2D eigenvalue weighted by Crippen LogP contribution is 2.19. The van der Waals surface area contributed by atoms with Crippen LogP contribution in [0.4, 0.5) is 5.69 Å². The molecule has 3 N–H and O–H groups in total. The van der Waals surface area contributed by atoms with E-state index in [4.69, 9.17) is 23.8 Å². The van der Waals surface area contributed by atoms with Crippen LogP contribution in [0.2, 0.25) is 5.02 Å². The topological polar surface area (TPSA) is 73.5 Å². The third-order valence-electron chi connectivity index (χ3n) is 3.75. The number of benzene rings is 1. The normalized spacial score (nSPS) is 14.8. The standard InChI is InChI=1S/C16H21ClN4O2S/c1-11-6-7-12(9-13(11)17)18-16(24)20-19-14(22)10-21-8-4-2-3-5-15(21)23/h6-7,9H,2-5,8,10H2,1H3,(H,19,22)(H2,18,20,24). The van der Waals surface area contributed by atoms with Crippen LogP contribution in [0.15, 0.2) is 18.2 Å². The number of nitrogens with one attached hydrogen (secondary N) is 3. The maximum atomic E-state index is 11.9. The average Bonchev–Trinajstić information content (AvgIpc) is 2.74. The zero-order valence-electron chi connectivity index (χ0n) is 13.5. The lowest BCUT2D eigenvalue weighted by atomic mass is 10.2. The fraction of sp³-hybridized carbons (Fsp3) is 0.438. The van der Waals surface area contributed by atoms with Crippen molar-refractivity contribution in [3.05, 3.63) is 28.8 Å². The van der Waals surface area contributed by atoms with Gasteiger partial charge >= 0.3 is 0 Å². The summed E-state index contributed by atoms with van der Waals surface area (Å²) in [6.45, 7) is 2.56. The molecule has 1 aliphatic heterocycles. The molecule has 0 unspecified atom stereocenters. The summed E-state index contributed by atoms with van der Waals surface area (Å²) >= 11 is 11.2. The maximum absolute atomic E-state index is 11.9. The van der Waals surface area contributed by atoms with E-state index >= 15 is 0 Å². The number of hydrogen-bond donors (Lipinski definition) is 3. The molecule has 130 valence electrons. The number of carbonyl (C=O) groups is 2. The first-order valence-corrected chi connectivity index (χ1v) is 8.64. The molecule has 2 amide bonds. The van der Waals surface area contributed by atoms with Gasteiger partial charge in [0.1, 0.15) is 6.54 Å². The zero-order valence-corrected chi connectivity index (χ0v) is 15.1. The Balaban J connectivity index is 1.77. The second kappa shape index (κ2) is 8.84. The number of carbonyl (C=O) groups excluding carboxylic acids is 2. The highest BCUT2D eigenvalue weighted by molar-refractivity contribution is 7.80. The molecule has 0 spiro atoms. The van der Waals surface area contributed by atoms with E-state index in [9.17, 15) is 9.59 Å². The van der Waals surface area contributed by atoms with Crippen LogP contribution in [0, 0.1) is 6.92 Å². The molecular formula is C16H21ClN4O2S. The first-order valence-electron chi connectivity index (χ1n) is 7.85. The van der Waals surface area contributed by atoms with Gasteiger partial charge in [0.05, 0.1) is 0 Å². The molecule has 0 atom stereocenters. The van der Waals surface area contributed by atoms with E-state index in [0.717, 1.165) is 30.5 Å². The Morgan fingerprint density at radius 1 is 1.29 bits per heavy atom. The smallest absolute Gasteiger partial charge is 0.257 e. The molecule has 0 bridgehead atoms. The van der Waals surface area contributed by atoms with Gasteiger partial charge in [0.2, 0.25) is 5.91 Å². The number of nitrogens with zero attached hydrogens (tertiary/aromatic N) is 1. The molecule has 6 nitrogen and oxygen atoms in total. The summed E-state index contributed by atoms with van der Waals surface area (Å²) in [6, 6.07) is 5.46. The summed E-state index contributed by atoms with van der Waals surface area (Å²) in [5.74, 6) is -0.283. The van der Waals surface area contributed by atoms with Crippen molar-refractivity contribution in [3.63, 3.8) is 0 Å². The van der Waals surface area contributed by atoms with Crippen LogP contribution in [0.25, 0.3) is 0 Å². The van der Waals surface area contributed by atoms with Crippen molar-refractivity contribution in [2.24, 2.45) is 0 Å². The second-order valence-corrected chi connectivity index (χ2v) is 6.53. The average molecular weight is 369 g/mol. The molecule has 1 aliphatic rings. The molecule has 24 heavy (non-hydrogen) atoms. The summed E-state index contributed by atoms with van der Waals surface area (Å²) < 4.78 is 0. The second-order valence-electron chi connectivity index (χ2n) is 5.72. The van der Waals surface area contributed by atoms with E-state index in [-0.39, 0.29) is 23.5 Å². The van der Waals surface area contributed by atoms with E-state index in [0.29, 0.717) is 18.0 Å². The lowest BCUT2D eigenvalue weighted by molar-refractivity contribution is -0.135. The minimum absolute atomic E-state index is 0.0256. The summed E-state index contributed by atoms with van der Waals surface area (Å²) in [5.41, 5.74) is 6.81. The fourth-order valence-electron chi connectivity index (χ4n) is 2.38. The van der Waals surface area contributed by atoms with Crippen LogP contribution in [-0.2, 0) is 9.59 Å². The van der Waals surface area contributed by atoms with Crippen molar-refractivity contribution in [2.75, 3.05) is 18.4 Å². The number of hydrogen-bond acceptors (Lipinski definition) is 3. The minimum Gasteiger partial charge on any atom is -0.333 e. The lowest BCUT2D eigenvalue weighted by Crippen LogP contribution is -2.48. The van der Waals surface area contributed by atoms with Gasteiger partial charge in [-0.05, 0) is 49.7 Å². The van der Waals surface area contributed by atoms with E-state index in [1.165, 1.54) is 0 Å². The molecule has 0 radical (unpaired) electrons. The van der Waals surface area contributed by atoms with Gasteiger partial charge < -0.3 is 10.2 Å². The SMILES string of the molecule is Cc1ccc(NC(=S)NNC(=O)CN2CCCCCC2=O)cc1Cl. The summed E-state index contributed by atoms with van der Waals surface area (Å²) in [4.78, 5) is 25.4. The number of anilines is 1. The quantitative estimate of drug-likeness (QED) is 0.564. The largest absolute Gasteiger partial charge is 0.333 e. The van der Waals surface area contributed by atoms with Gasteiger partial charge in [-0.15, -0.1) is 0 Å². The zero-order chi connectivity index (χ0) is 17.5. The van der Waals surface area contributed by atoms with Crippen LogP contribution < -0.4 is 16.2 Å². The van der Waals surface area contributed by atoms with Crippen molar-refractivity contribution >= 4 is 46.4 Å². The van der Waals surface area contributed by atoms with Gasteiger partial charge in [0.25, 0.3) is 5.91 Å². The highest BCUT2D eigenvalue weighted by atomic mass is 35.5. The molecule has 1 aromatic carbocycles. The van der Waals surface area contributed by atoms with Gasteiger partial charge in [0, 0.05) is 23.7 Å². The first-order chi connectivity index (χ1) is 11.5. The van der Waals surface area contributed by atoms with Crippen LogP contribution in [-0.4, -0.2) is 34.9 Å². The molecule has 0 aromatic heterocycles. The van der Waals surface area contributed by atoms with Crippen LogP contribution >= 0.6 is 23.8 Å². The Hall–Kier alpha value is -1.86. The van der Waals surface area contributed by atoms with Gasteiger partial charge in [-0.2, -0.15) is 0 Å². The molecule has 1 heterocycles. The fourth-order valence-corrected chi connectivity index (χ4v) is 2.73. The van der Waals surface area contributed by atoms with Gasteiger partial charge in [-0.3, -0.25) is 20.4 Å². The van der Waals surface area contributed by atoms with Crippen LogP contribution in [0.5, 0.6) is 0 Å². The number of likely N-dealkylation sites (tertiary alicyclic amines) is 1. The van der Waals surface area contributed by atoms with Crippen molar-refractivity contribution in [1.29, 1.82) is 0 Å². The van der Waals surface area contributed by atoms with E-state index < -0.39 is 0 Å². The predicted octanol–water partition coefficient (Wildman–Crippen LogP) is 2.37. The molecule has 0 saturated carbocycles. The predicted molar refractivity (Wildman–Crippen MR) is 98.7 cm³/mol. The molecule has 2 rings (SSSR count). The van der Waals surface area contributed by atoms with Crippen LogP contribution in [0.1, 0.15) is 31.2 Å². The summed E-state index contributed by atoms with van der Waals surface area (Å²) in [5, 5.41) is 3.80. The first kappa shape index (κ1) is 18.5. The third-order valence-corrected chi connectivity index (χ3v) is 4.36. The number of hydrazine groups is 1. The number of halogens is 1. The Bertz CT molecular complexity index is 639. The van der Waals surface area contributed by atoms with E-state index in [1.54, 1.807) is 11.0 Å².